The number of hydrogen-bond acceptors (Lipinski definition) is 3. The van der Waals surface area contributed by atoms with Gasteiger partial charge in [0.05, 0.1) is 16.7 Å². The van der Waals surface area contributed by atoms with Crippen LogP contribution in [0.15, 0.2) is 5.38 Å². The summed E-state index contributed by atoms with van der Waals surface area (Å²) in [6, 6.07) is -0.295. The molecule has 92 valence electrons. The molecule has 0 fully saturated rings. The Bertz CT molecular complexity index is 322. The second kappa shape index (κ2) is 5.63. The van der Waals surface area contributed by atoms with E-state index >= 15 is 0 Å². The molecule has 0 saturated carbocycles. The van der Waals surface area contributed by atoms with Crippen molar-refractivity contribution in [1.82, 2.24) is 10.3 Å². The van der Waals surface area contributed by atoms with E-state index in [9.17, 15) is 13.2 Å². The lowest BCUT2D eigenvalue weighted by Crippen LogP contribution is -2.23. The molecular weight excluding hydrogens is 237 g/mol. The van der Waals surface area contributed by atoms with Gasteiger partial charge in [0.25, 0.3) is 0 Å². The molecule has 0 aliphatic rings. The van der Waals surface area contributed by atoms with Gasteiger partial charge in [0.1, 0.15) is 0 Å². The summed E-state index contributed by atoms with van der Waals surface area (Å²) in [5.74, 6) is 0. The molecule has 0 spiro atoms. The molecule has 0 saturated heterocycles. The van der Waals surface area contributed by atoms with E-state index in [0.29, 0.717) is 12.2 Å². The molecule has 16 heavy (non-hydrogen) atoms. The predicted octanol–water partition coefficient (Wildman–Crippen LogP) is 3.44. The summed E-state index contributed by atoms with van der Waals surface area (Å²) < 4.78 is 36.4. The van der Waals surface area contributed by atoms with E-state index in [1.54, 1.807) is 0 Å². The minimum absolute atomic E-state index is 0.0422. The molecule has 1 aromatic heterocycles. The Kier molecular flexibility index (Phi) is 4.73. The van der Waals surface area contributed by atoms with Crippen molar-refractivity contribution in [3.05, 3.63) is 16.1 Å². The number of aryl methyl sites for hydroxylation is 1. The number of rotatable bonds is 5. The van der Waals surface area contributed by atoms with Crippen molar-refractivity contribution in [3.8, 4) is 0 Å². The number of nitrogens with zero attached hydrogens (tertiary/aromatic N) is 1. The molecule has 6 heteroatoms. The summed E-state index contributed by atoms with van der Waals surface area (Å²) in [4.78, 5) is 4.22. The van der Waals surface area contributed by atoms with Crippen molar-refractivity contribution in [2.24, 2.45) is 0 Å². The Balaban J connectivity index is 2.61. The first-order valence-corrected chi connectivity index (χ1v) is 6.02. The van der Waals surface area contributed by atoms with Crippen LogP contribution in [0.5, 0.6) is 0 Å². The van der Waals surface area contributed by atoms with Crippen molar-refractivity contribution >= 4 is 11.3 Å². The SMILES string of the molecule is CCNC(CCC(F)(F)F)c1csc(C)n1. The van der Waals surface area contributed by atoms with Crippen molar-refractivity contribution in [2.75, 3.05) is 6.54 Å². The quantitative estimate of drug-likeness (QED) is 0.868. The average Bonchev–Trinajstić information content (AvgIpc) is 2.57. The molecule has 2 nitrogen and oxygen atoms in total. The summed E-state index contributed by atoms with van der Waals surface area (Å²) in [7, 11) is 0. The Morgan fingerprint density at radius 3 is 2.62 bits per heavy atom. The molecule has 1 rings (SSSR count). The highest BCUT2D eigenvalue weighted by Crippen LogP contribution is 2.28. The van der Waals surface area contributed by atoms with Crippen LogP contribution in [0.25, 0.3) is 0 Å². The Hall–Kier alpha value is -0.620. The first-order chi connectivity index (χ1) is 7.42. The number of thiazole rings is 1. The van der Waals surface area contributed by atoms with E-state index < -0.39 is 12.6 Å². The maximum absolute atomic E-state index is 12.1. The monoisotopic (exact) mass is 252 g/mol. The van der Waals surface area contributed by atoms with E-state index in [1.807, 2.05) is 19.2 Å². The first kappa shape index (κ1) is 13.4. The average molecular weight is 252 g/mol. The zero-order chi connectivity index (χ0) is 12.2. The molecule has 0 aromatic carbocycles. The van der Waals surface area contributed by atoms with Gasteiger partial charge in [-0.05, 0) is 19.9 Å². The third-order valence-electron chi connectivity index (χ3n) is 2.16. The minimum atomic E-state index is -4.10. The van der Waals surface area contributed by atoms with E-state index in [4.69, 9.17) is 0 Å². The third-order valence-corrected chi connectivity index (χ3v) is 2.95. The number of alkyl halides is 3. The molecule has 0 amide bonds. The molecule has 0 bridgehead atoms. The third kappa shape index (κ3) is 4.49. The van der Waals surface area contributed by atoms with E-state index in [-0.39, 0.29) is 12.5 Å². The van der Waals surface area contributed by atoms with Crippen LogP contribution in [0.1, 0.15) is 36.5 Å². The van der Waals surface area contributed by atoms with Gasteiger partial charge in [-0.3, -0.25) is 0 Å². The van der Waals surface area contributed by atoms with Gasteiger partial charge in [-0.1, -0.05) is 6.92 Å². The Morgan fingerprint density at radius 2 is 2.19 bits per heavy atom. The fraction of sp³-hybridized carbons (Fsp3) is 0.700. The zero-order valence-electron chi connectivity index (χ0n) is 9.27. The van der Waals surface area contributed by atoms with Crippen LogP contribution in [0, 0.1) is 6.92 Å². The number of hydrogen-bond donors (Lipinski definition) is 1. The Morgan fingerprint density at radius 1 is 1.50 bits per heavy atom. The largest absolute Gasteiger partial charge is 0.389 e. The molecule has 0 aliphatic heterocycles. The highest BCUT2D eigenvalue weighted by Gasteiger charge is 2.29. The van der Waals surface area contributed by atoms with Gasteiger partial charge in [-0.2, -0.15) is 13.2 Å². The van der Waals surface area contributed by atoms with Gasteiger partial charge in [0.15, 0.2) is 0 Å². The summed E-state index contributed by atoms with van der Waals surface area (Å²) in [6.07, 6.45) is -4.83. The summed E-state index contributed by atoms with van der Waals surface area (Å²) in [5.41, 5.74) is 0.716. The van der Waals surface area contributed by atoms with E-state index in [0.717, 1.165) is 5.01 Å². The highest BCUT2D eigenvalue weighted by atomic mass is 32.1. The van der Waals surface area contributed by atoms with Gasteiger partial charge in [0, 0.05) is 11.8 Å². The predicted molar refractivity (Wildman–Crippen MR) is 58.6 cm³/mol. The smallest absolute Gasteiger partial charge is 0.309 e. The standard InChI is InChI=1S/C10H15F3N2S/c1-3-14-8(4-5-10(11,12)13)9-6-16-7(2)15-9/h6,8,14H,3-5H2,1-2H3. The summed E-state index contributed by atoms with van der Waals surface area (Å²) >= 11 is 1.46. The topological polar surface area (TPSA) is 24.9 Å². The molecule has 1 heterocycles. The summed E-state index contributed by atoms with van der Waals surface area (Å²) in [6.45, 7) is 4.36. The fourth-order valence-corrected chi connectivity index (χ4v) is 2.12. The summed E-state index contributed by atoms with van der Waals surface area (Å²) in [5, 5.41) is 5.73. The zero-order valence-corrected chi connectivity index (χ0v) is 10.1. The fourth-order valence-electron chi connectivity index (χ4n) is 1.45. The maximum atomic E-state index is 12.1. The normalized spacial score (nSPS) is 14.1. The van der Waals surface area contributed by atoms with Crippen LogP contribution in [0.3, 0.4) is 0 Å². The molecule has 1 N–H and O–H groups in total. The minimum Gasteiger partial charge on any atom is -0.309 e. The second-order valence-corrected chi connectivity index (χ2v) is 4.62. The lowest BCUT2D eigenvalue weighted by molar-refractivity contribution is -0.136. The van der Waals surface area contributed by atoms with Crippen molar-refractivity contribution < 1.29 is 13.2 Å². The molecule has 0 aliphatic carbocycles. The van der Waals surface area contributed by atoms with Gasteiger partial charge in [0.2, 0.25) is 0 Å². The van der Waals surface area contributed by atoms with Gasteiger partial charge < -0.3 is 5.32 Å². The number of nitrogens with one attached hydrogen (secondary N) is 1. The molecular formula is C10H15F3N2S. The molecule has 0 radical (unpaired) electrons. The van der Waals surface area contributed by atoms with Crippen LogP contribution in [0.4, 0.5) is 13.2 Å². The second-order valence-electron chi connectivity index (χ2n) is 3.56. The van der Waals surface area contributed by atoms with Crippen molar-refractivity contribution in [1.29, 1.82) is 0 Å². The van der Waals surface area contributed by atoms with Gasteiger partial charge in [-0.15, -0.1) is 11.3 Å². The lowest BCUT2D eigenvalue weighted by atomic mass is 10.1. The van der Waals surface area contributed by atoms with Crippen molar-refractivity contribution in [2.45, 2.75) is 38.9 Å². The van der Waals surface area contributed by atoms with Gasteiger partial charge >= 0.3 is 6.18 Å². The highest BCUT2D eigenvalue weighted by molar-refractivity contribution is 7.09. The molecule has 1 aromatic rings. The Labute approximate surface area is 96.9 Å². The van der Waals surface area contributed by atoms with Crippen LogP contribution >= 0.6 is 11.3 Å². The number of halogens is 3. The van der Waals surface area contributed by atoms with E-state index in [1.165, 1.54) is 11.3 Å². The molecule has 1 atom stereocenters. The van der Waals surface area contributed by atoms with Crippen LogP contribution in [0.2, 0.25) is 0 Å². The van der Waals surface area contributed by atoms with Crippen LogP contribution in [-0.4, -0.2) is 17.7 Å². The van der Waals surface area contributed by atoms with Crippen molar-refractivity contribution in [3.63, 3.8) is 0 Å². The first-order valence-electron chi connectivity index (χ1n) is 5.14. The van der Waals surface area contributed by atoms with Crippen LogP contribution < -0.4 is 5.32 Å². The maximum Gasteiger partial charge on any atom is 0.389 e. The van der Waals surface area contributed by atoms with E-state index in [2.05, 4.69) is 10.3 Å². The lowest BCUT2D eigenvalue weighted by Gasteiger charge is -2.16. The van der Waals surface area contributed by atoms with Gasteiger partial charge in [-0.25, -0.2) is 4.98 Å². The molecule has 1 unspecified atom stereocenters. The number of aromatic nitrogens is 1. The van der Waals surface area contributed by atoms with Crippen LogP contribution in [-0.2, 0) is 0 Å².